The molecule has 0 amide bonds. The zero-order valence-electron chi connectivity index (χ0n) is 12.3. The predicted octanol–water partition coefficient (Wildman–Crippen LogP) is 3.37. The van der Waals surface area contributed by atoms with Crippen LogP contribution in [0.4, 0.5) is 0 Å². The number of benzene rings is 2. The highest BCUT2D eigenvalue weighted by Gasteiger charge is 1.99. The SMILES string of the molecule is S=C(NCCc1ccc2cc[nH]c2c1)NCc1ccccc1. The Morgan fingerprint density at radius 3 is 2.68 bits per heavy atom. The van der Waals surface area contributed by atoms with E-state index in [1.807, 2.05) is 24.4 Å². The van der Waals surface area contributed by atoms with Gasteiger partial charge in [0, 0.05) is 24.8 Å². The van der Waals surface area contributed by atoms with Crippen LogP contribution >= 0.6 is 12.2 Å². The van der Waals surface area contributed by atoms with Gasteiger partial charge in [-0.1, -0.05) is 42.5 Å². The maximum absolute atomic E-state index is 5.30. The van der Waals surface area contributed by atoms with Crippen molar-refractivity contribution in [2.45, 2.75) is 13.0 Å². The number of H-pyrrole nitrogens is 1. The molecule has 0 radical (unpaired) electrons. The molecule has 0 bridgehead atoms. The molecule has 2 aromatic carbocycles. The molecule has 4 heteroatoms. The Labute approximate surface area is 135 Å². The summed E-state index contributed by atoms with van der Waals surface area (Å²) in [5.74, 6) is 0. The minimum atomic E-state index is 0.699. The molecule has 0 saturated heterocycles. The fourth-order valence-corrected chi connectivity index (χ4v) is 2.59. The van der Waals surface area contributed by atoms with Crippen molar-refractivity contribution in [1.82, 2.24) is 15.6 Å². The van der Waals surface area contributed by atoms with E-state index in [4.69, 9.17) is 12.2 Å². The molecule has 3 N–H and O–H groups in total. The molecule has 0 aliphatic rings. The van der Waals surface area contributed by atoms with E-state index in [-0.39, 0.29) is 0 Å². The lowest BCUT2D eigenvalue weighted by atomic mass is 10.1. The van der Waals surface area contributed by atoms with Gasteiger partial charge in [0.05, 0.1) is 0 Å². The maximum Gasteiger partial charge on any atom is 0.166 e. The summed E-state index contributed by atoms with van der Waals surface area (Å²) in [6, 6.07) is 18.8. The van der Waals surface area contributed by atoms with Gasteiger partial charge in [0.15, 0.2) is 5.11 Å². The normalized spacial score (nSPS) is 10.5. The van der Waals surface area contributed by atoms with Crippen molar-refractivity contribution in [2.75, 3.05) is 6.54 Å². The fourth-order valence-electron chi connectivity index (χ4n) is 2.41. The van der Waals surface area contributed by atoms with Gasteiger partial charge >= 0.3 is 0 Å². The van der Waals surface area contributed by atoms with E-state index >= 15 is 0 Å². The molecule has 0 spiro atoms. The van der Waals surface area contributed by atoms with Crippen molar-refractivity contribution in [2.24, 2.45) is 0 Å². The molecule has 1 aromatic heterocycles. The highest BCUT2D eigenvalue weighted by molar-refractivity contribution is 7.80. The molecule has 1 heterocycles. The topological polar surface area (TPSA) is 39.9 Å². The quantitative estimate of drug-likeness (QED) is 0.633. The number of hydrogen-bond donors (Lipinski definition) is 3. The van der Waals surface area contributed by atoms with E-state index in [0.29, 0.717) is 5.11 Å². The van der Waals surface area contributed by atoms with E-state index in [0.717, 1.165) is 19.5 Å². The van der Waals surface area contributed by atoms with Crippen molar-refractivity contribution in [1.29, 1.82) is 0 Å². The lowest BCUT2D eigenvalue weighted by molar-refractivity contribution is 0.815. The monoisotopic (exact) mass is 309 g/mol. The van der Waals surface area contributed by atoms with Gasteiger partial charge in [-0.05, 0) is 47.3 Å². The lowest BCUT2D eigenvalue weighted by Gasteiger charge is -2.10. The Kier molecular flexibility index (Phi) is 4.71. The standard InChI is InChI=1S/C18H19N3S/c22-18(21-13-15-4-2-1-3-5-15)20-10-8-14-6-7-16-9-11-19-17(16)12-14/h1-7,9,11-12,19H,8,10,13H2,(H2,20,21,22). The molecular formula is C18H19N3S. The molecular weight excluding hydrogens is 290 g/mol. The molecule has 112 valence electrons. The van der Waals surface area contributed by atoms with Crippen LogP contribution in [-0.2, 0) is 13.0 Å². The van der Waals surface area contributed by atoms with E-state index in [1.54, 1.807) is 0 Å². The Morgan fingerprint density at radius 2 is 1.82 bits per heavy atom. The fraction of sp³-hybridized carbons (Fsp3) is 0.167. The lowest BCUT2D eigenvalue weighted by Crippen LogP contribution is -2.35. The summed E-state index contributed by atoms with van der Waals surface area (Å²) in [7, 11) is 0. The first-order valence-electron chi connectivity index (χ1n) is 7.43. The van der Waals surface area contributed by atoms with E-state index in [1.165, 1.54) is 22.0 Å². The zero-order chi connectivity index (χ0) is 15.2. The van der Waals surface area contributed by atoms with Crippen LogP contribution < -0.4 is 10.6 Å². The first-order chi connectivity index (χ1) is 10.8. The third-order valence-corrected chi connectivity index (χ3v) is 3.90. The molecule has 0 aliphatic carbocycles. The van der Waals surface area contributed by atoms with Crippen molar-refractivity contribution < 1.29 is 0 Å². The van der Waals surface area contributed by atoms with Crippen LogP contribution in [0.3, 0.4) is 0 Å². The molecule has 22 heavy (non-hydrogen) atoms. The number of rotatable bonds is 5. The van der Waals surface area contributed by atoms with Crippen molar-refractivity contribution in [3.63, 3.8) is 0 Å². The molecule has 0 atom stereocenters. The van der Waals surface area contributed by atoms with E-state index < -0.39 is 0 Å². The van der Waals surface area contributed by atoms with Gasteiger partial charge in [-0.25, -0.2) is 0 Å². The summed E-state index contributed by atoms with van der Waals surface area (Å²) < 4.78 is 0. The summed E-state index contributed by atoms with van der Waals surface area (Å²) >= 11 is 5.30. The molecule has 0 fully saturated rings. The second-order valence-corrected chi connectivity index (χ2v) is 5.65. The van der Waals surface area contributed by atoms with Crippen LogP contribution in [0, 0.1) is 0 Å². The third-order valence-electron chi connectivity index (χ3n) is 3.61. The molecule has 3 rings (SSSR count). The smallest absolute Gasteiger partial charge is 0.166 e. The largest absolute Gasteiger partial charge is 0.362 e. The van der Waals surface area contributed by atoms with Crippen molar-refractivity contribution >= 4 is 28.2 Å². The molecule has 3 nitrogen and oxygen atoms in total. The number of fused-ring (bicyclic) bond motifs is 1. The Morgan fingerprint density at radius 1 is 0.955 bits per heavy atom. The summed E-state index contributed by atoms with van der Waals surface area (Å²) in [4.78, 5) is 3.24. The number of aromatic nitrogens is 1. The molecule has 0 unspecified atom stereocenters. The Balaban J connectivity index is 1.43. The number of thiocarbonyl (C=S) groups is 1. The van der Waals surface area contributed by atoms with Gasteiger partial charge in [-0.2, -0.15) is 0 Å². The average molecular weight is 309 g/mol. The van der Waals surface area contributed by atoms with Gasteiger partial charge in [0.1, 0.15) is 0 Å². The zero-order valence-corrected chi connectivity index (χ0v) is 13.1. The van der Waals surface area contributed by atoms with Crippen molar-refractivity contribution in [3.8, 4) is 0 Å². The predicted molar refractivity (Wildman–Crippen MR) is 95.9 cm³/mol. The Bertz CT molecular complexity index is 749. The maximum atomic E-state index is 5.30. The molecule has 0 aliphatic heterocycles. The van der Waals surface area contributed by atoms with Crippen LogP contribution in [0.5, 0.6) is 0 Å². The second kappa shape index (κ2) is 7.09. The molecule has 0 saturated carbocycles. The third kappa shape index (κ3) is 3.86. The van der Waals surface area contributed by atoms with Gasteiger partial charge in [0.2, 0.25) is 0 Å². The Hall–Kier alpha value is -2.33. The van der Waals surface area contributed by atoms with Gasteiger partial charge in [-0.3, -0.25) is 0 Å². The minimum Gasteiger partial charge on any atom is -0.362 e. The number of hydrogen-bond acceptors (Lipinski definition) is 1. The van der Waals surface area contributed by atoms with Crippen LogP contribution in [-0.4, -0.2) is 16.6 Å². The summed E-state index contributed by atoms with van der Waals surface area (Å²) in [5.41, 5.74) is 3.71. The van der Waals surface area contributed by atoms with Crippen molar-refractivity contribution in [3.05, 3.63) is 71.9 Å². The van der Waals surface area contributed by atoms with E-state index in [2.05, 4.69) is 52.0 Å². The van der Waals surface area contributed by atoms with Crippen LogP contribution in [0.2, 0.25) is 0 Å². The summed E-state index contributed by atoms with van der Waals surface area (Å²) in [6.07, 6.45) is 2.91. The average Bonchev–Trinajstić information content (AvgIpc) is 3.02. The van der Waals surface area contributed by atoms with Gasteiger partial charge in [0.25, 0.3) is 0 Å². The van der Waals surface area contributed by atoms with Gasteiger partial charge < -0.3 is 15.6 Å². The first-order valence-corrected chi connectivity index (χ1v) is 7.84. The summed E-state index contributed by atoms with van der Waals surface area (Å²) in [5, 5.41) is 8.42. The van der Waals surface area contributed by atoms with Crippen LogP contribution in [0.1, 0.15) is 11.1 Å². The first kappa shape index (κ1) is 14.6. The highest BCUT2D eigenvalue weighted by Crippen LogP contribution is 2.14. The minimum absolute atomic E-state index is 0.699. The molecule has 3 aromatic rings. The highest BCUT2D eigenvalue weighted by atomic mass is 32.1. The summed E-state index contributed by atoms with van der Waals surface area (Å²) in [6.45, 7) is 1.58. The number of aromatic amines is 1. The number of nitrogens with one attached hydrogen (secondary N) is 3. The van der Waals surface area contributed by atoms with Gasteiger partial charge in [-0.15, -0.1) is 0 Å². The van der Waals surface area contributed by atoms with E-state index in [9.17, 15) is 0 Å². The van der Waals surface area contributed by atoms with Crippen LogP contribution in [0.15, 0.2) is 60.8 Å². The second-order valence-electron chi connectivity index (χ2n) is 5.24. The van der Waals surface area contributed by atoms with Crippen LogP contribution in [0.25, 0.3) is 10.9 Å².